The van der Waals surface area contributed by atoms with Crippen LogP contribution in [0.1, 0.15) is 38.4 Å². The highest BCUT2D eigenvalue weighted by Gasteiger charge is 2.31. The van der Waals surface area contributed by atoms with E-state index in [1.54, 1.807) is 15.8 Å². The number of hydrogen-bond donors (Lipinski definition) is 0. The average molecular weight is 423 g/mol. The summed E-state index contributed by atoms with van der Waals surface area (Å²) in [6.45, 7) is 8.36. The summed E-state index contributed by atoms with van der Waals surface area (Å²) in [5, 5.41) is 4.38. The van der Waals surface area contributed by atoms with E-state index in [0.29, 0.717) is 25.2 Å². The van der Waals surface area contributed by atoms with E-state index in [0.717, 1.165) is 16.8 Å². The molecule has 1 aromatic heterocycles. The predicted octanol–water partition coefficient (Wildman–Crippen LogP) is 5.10. The smallest absolute Gasteiger partial charge is 0.444 e. The van der Waals surface area contributed by atoms with Gasteiger partial charge < -0.3 is 14.4 Å². The normalized spacial score (nSPS) is 15.0. The molecule has 1 aliphatic rings. The number of carbonyl (C=O) groups excluding carboxylic acids is 1. The number of carbonyl (C=O) groups is 1. The molecular formula is C21H24F3N3O3. The van der Waals surface area contributed by atoms with Crippen molar-refractivity contribution in [2.45, 2.75) is 46.1 Å². The van der Waals surface area contributed by atoms with Crippen LogP contribution in [0.4, 0.5) is 18.0 Å². The van der Waals surface area contributed by atoms with Crippen LogP contribution in [0.2, 0.25) is 0 Å². The lowest BCUT2D eigenvalue weighted by Crippen LogP contribution is -2.39. The highest BCUT2D eigenvalue weighted by molar-refractivity contribution is 5.73. The topological polar surface area (TPSA) is 56.6 Å². The van der Waals surface area contributed by atoms with Gasteiger partial charge in [-0.05, 0) is 64.0 Å². The zero-order valence-corrected chi connectivity index (χ0v) is 17.3. The van der Waals surface area contributed by atoms with Crippen LogP contribution < -0.4 is 4.74 Å². The van der Waals surface area contributed by atoms with E-state index in [4.69, 9.17) is 4.74 Å². The maximum atomic E-state index is 12.3. The van der Waals surface area contributed by atoms with Crippen LogP contribution in [0.3, 0.4) is 0 Å². The van der Waals surface area contributed by atoms with E-state index < -0.39 is 12.0 Å². The zero-order valence-electron chi connectivity index (χ0n) is 17.3. The summed E-state index contributed by atoms with van der Waals surface area (Å²) in [6.07, 6.45) is -0.709. The Morgan fingerprint density at radius 2 is 1.80 bits per heavy atom. The summed E-state index contributed by atoms with van der Waals surface area (Å²) in [5.74, 6) is -0.284. The van der Waals surface area contributed by atoms with Gasteiger partial charge in [0.1, 0.15) is 11.4 Å². The SMILES string of the molecule is Cc1c(C2=CCN(C(=O)OC(C)(C)C)CC2)cnn1-c1ccc(OC(F)(F)F)cc1. The summed E-state index contributed by atoms with van der Waals surface area (Å²) in [4.78, 5) is 13.9. The summed E-state index contributed by atoms with van der Waals surface area (Å²) < 4.78 is 47.9. The Balaban J connectivity index is 1.72. The number of nitrogens with zero attached hydrogens (tertiary/aromatic N) is 3. The van der Waals surface area contributed by atoms with Gasteiger partial charge in [-0.3, -0.25) is 0 Å². The van der Waals surface area contributed by atoms with E-state index in [1.807, 2.05) is 33.8 Å². The van der Waals surface area contributed by atoms with Crippen LogP contribution in [0.15, 0.2) is 36.5 Å². The second-order valence-electron chi connectivity index (χ2n) is 8.00. The highest BCUT2D eigenvalue weighted by atomic mass is 19.4. The first-order valence-corrected chi connectivity index (χ1v) is 9.51. The molecule has 0 unspecified atom stereocenters. The minimum Gasteiger partial charge on any atom is -0.444 e. The summed E-state index contributed by atoms with van der Waals surface area (Å²) in [6, 6.07) is 5.54. The highest BCUT2D eigenvalue weighted by Crippen LogP contribution is 2.28. The third-order valence-electron chi connectivity index (χ3n) is 4.53. The molecule has 2 heterocycles. The second kappa shape index (κ2) is 8.04. The largest absolute Gasteiger partial charge is 0.573 e. The molecule has 2 aromatic rings. The molecule has 0 bridgehead atoms. The lowest BCUT2D eigenvalue weighted by Gasteiger charge is -2.29. The molecule has 30 heavy (non-hydrogen) atoms. The van der Waals surface area contributed by atoms with E-state index in [9.17, 15) is 18.0 Å². The number of halogens is 3. The zero-order chi connectivity index (χ0) is 22.1. The average Bonchev–Trinajstić information content (AvgIpc) is 3.01. The first-order chi connectivity index (χ1) is 13.9. The fraction of sp³-hybridized carbons (Fsp3) is 0.429. The fourth-order valence-corrected chi connectivity index (χ4v) is 3.18. The van der Waals surface area contributed by atoms with Gasteiger partial charge in [0, 0.05) is 24.3 Å². The van der Waals surface area contributed by atoms with E-state index >= 15 is 0 Å². The maximum absolute atomic E-state index is 12.3. The lowest BCUT2D eigenvalue weighted by molar-refractivity contribution is -0.274. The second-order valence-corrected chi connectivity index (χ2v) is 8.00. The molecular weight excluding hydrogens is 399 g/mol. The molecule has 3 rings (SSSR count). The summed E-state index contributed by atoms with van der Waals surface area (Å²) in [5.41, 5.74) is 2.95. The molecule has 6 nitrogen and oxygen atoms in total. The molecule has 0 saturated heterocycles. The fourth-order valence-electron chi connectivity index (χ4n) is 3.18. The van der Waals surface area contributed by atoms with Gasteiger partial charge >= 0.3 is 12.5 Å². The Morgan fingerprint density at radius 3 is 2.33 bits per heavy atom. The molecule has 1 aliphatic heterocycles. The third kappa shape index (κ3) is 5.34. The van der Waals surface area contributed by atoms with Crippen molar-refractivity contribution in [3.63, 3.8) is 0 Å². The molecule has 0 saturated carbocycles. The van der Waals surface area contributed by atoms with Crippen molar-refractivity contribution in [3.8, 4) is 11.4 Å². The maximum Gasteiger partial charge on any atom is 0.573 e. The number of aromatic nitrogens is 2. The van der Waals surface area contributed by atoms with Gasteiger partial charge in [-0.25, -0.2) is 9.48 Å². The van der Waals surface area contributed by atoms with Crippen LogP contribution in [0.5, 0.6) is 5.75 Å². The minimum absolute atomic E-state index is 0.284. The van der Waals surface area contributed by atoms with Crippen molar-refractivity contribution in [1.29, 1.82) is 0 Å². The number of amides is 1. The van der Waals surface area contributed by atoms with Crippen molar-refractivity contribution >= 4 is 11.7 Å². The summed E-state index contributed by atoms with van der Waals surface area (Å²) >= 11 is 0. The standard InChI is InChI=1S/C21H24F3N3O3/c1-14-18(15-9-11-26(12-10-15)19(28)30-20(2,3)4)13-25-27(14)16-5-7-17(8-6-16)29-21(22,23)24/h5-9,13H,10-12H2,1-4H3. The molecule has 9 heteroatoms. The molecule has 1 aromatic carbocycles. The molecule has 0 N–H and O–H groups in total. The van der Waals surface area contributed by atoms with Gasteiger partial charge in [-0.2, -0.15) is 5.10 Å². The van der Waals surface area contributed by atoms with E-state index in [-0.39, 0.29) is 11.8 Å². The van der Waals surface area contributed by atoms with Gasteiger partial charge in [-0.15, -0.1) is 13.2 Å². The van der Waals surface area contributed by atoms with Gasteiger partial charge in [0.2, 0.25) is 0 Å². The van der Waals surface area contributed by atoms with E-state index in [2.05, 4.69) is 9.84 Å². The first-order valence-electron chi connectivity index (χ1n) is 9.51. The molecule has 0 spiro atoms. The number of hydrogen-bond acceptors (Lipinski definition) is 4. The van der Waals surface area contributed by atoms with Crippen LogP contribution >= 0.6 is 0 Å². The van der Waals surface area contributed by atoms with Crippen molar-refractivity contribution in [2.24, 2.45) is 0 Å². The molecule has 1 amide bonds. The van der Waals surface area contributed by atoms with E-state index in [1.165, 1.54) is 24.3 Å². The van der Waals surface area contributed by atoms with Crippen molar-refractivity contribution in [1.82, 2.24) is 14.7 Å². The molecule has 0 atom stereocenters. The van der Waals surface area contributed by atoms with Gasteiger partial charge in [0.25, 0.3) is 0 Å². The molecule has 162 valence electrons. The van der Waals surface area contributed by atoms with Gasteiger partial charge in [-0.1, -0.05) is 6.08 Å². The lowest BCUT2D eigenvalue weighted by atomic mass is 10.0. The van der Waals surface area contributed by atoms with Crippen LogP contribution in [-0.2, 0) is 4.74 Å². The number of alkyl halides is 3. The van der Waals surface area contributed by atoms with Gasteiger partial charge in [0.15, 0.2) is 0 Å². The Morgan fingerprint density at radius 1 is 1.13 bits per heavy atom. The predicted molar refractivity (Wildman–Crippen MR) is 105 cm³/mol. The Labute approximate surface area is 172 Å². The minimum atomic E-state index is -4.73. The van der Waals surface area contributed by atoms with Crippen LogP contribution in [0.25, 0.3) is 11.3 Å². The molecule has 0 radical (unpaired) electrons. The quantitative estimate of drug-likeness (QED) is 0.689. The number of benzene rings is 1. The number of rotatable bonds is 3. The van der Waals surface area contributed by atoms with Crippen LogP contribution in [0, 0.1) is 6.92 Å². The van der Waals surface area contributed by atoms with Crippen molar-refractivity contribution in [2.75, 3.05) is 13.1 Å². The van der Waals surface area contributed by atoms with Crippen LogP contribution in [-0.4, -0.2) is 45.8 Å². The Hall–Kier alpha value is -2.97. The van der Waals surface area contributed by atoms with Crippen molar-refractivity contribution < 1.29 is 27.4 Å². The van der Waals surface area contributed by atoms with Gasteiger partial charge in [0.05, 0.1) is 11.9 Å². The molecule has 0 aliphatic carbocycles. The Bertz CT molecular complexity index is 941. The number of ether oxygens (including phenoxy) is 2. The monoisotopic (exact) mass is 423 g/mol. The Kier molecular flexibility index (Phi) is 5.83. The van der Waals surface area contributed by atoms with Crippen molar-refractivity contribution in [3.05, 3.63) is 47.8 Å². The summed E-state index contributed by atoms with van der Waals surface area (Å²) in [7, 11) is 0. The third-order valence-corrected chi connectivity index (χ3v) is 4.53. The molecule has 0 fully saturated rings. The first kappa shape index (κ1) is 21.7.